The van der Waals surface area contributed by atoms with Gasteiger partial charge in [-0.1, -0.05) is 41.9 Å². The smallest absolute Gasteiger partial charge is 0.290 e. The average Bonchev–Trinajstić information content (AvgIpc) is 2.95. The molecule has 7 heteroatoms. The van der Waals surface area contributed by atoms with Crippen molar-refractivity contribution in [2.24, 2.45) is 0 Å². The molecule has 0 bridgehead atoms. The van der Waals surface area contributed by atoms with Gasteiger partial charge >= 0.3 is 0 Å². The van der Waals surface area contributed by atoms with Crippen molar-refractivity contribution in [3.63, 3.8) is 0 Å². The van der Waals surface area contributed by atoms with Crippen molar-refractivity contribution in [3.05, 3.63) is 47.5 Å². The van der Waals surface area contributed by atoms with Crippen molar-refractivity contribution in [1.82, 2.24) is 0 Å². The summed E-state index contributed by atoms with van der Waals surface area (Å²) in [6.07, 6.45) is 0. The molecule has 1 saturated carbocycles. The maximum absolute atomic E-state index is 14.5. The SMILES string of the molecule is O=C1C(F)(Cl)C(F)=C(F)[C@@]2(F)[C@@H](c3ccccc3)[C@@]12F. The van der Waals surface area contributed by atoms with Crippen LogP contribution in [0.2, 0.25) is 0 Å². The number of carbonyl (C=O) groups excluding carboxylic acids is 1. The van der Waals surface area contributed by atoms with Gasteiger partial charge in [0.1, 0.15) is 0 Å². The first-order valence-corrected chi connectivity index (χ1v) is 5.99. The zero-order valence-corrected chi connectivity index (χ0v) is 10.4. The fraction of sp³-hybridized carbons (Fsp3) is 0.308. The second-order valence-corrected chi connectivity index (χ2v) is 5.32. The Kier molecular flexibility index (Phi) is 2.44. The maximum Gasteiger partial charge on any atom is 0.298 e. The molecule has 0 spiro atoms. The van der Waals surface area contributed by atoms with E-state index in [0.717, 1.165) is 0 Å². The van der Waals surface area contributed by atoms with Crippen LogP contribution in [-0.2, 0) is 4.79 Å². The fourth-order valence-electron chi connectivity index (χ4n) is 2.72. The quantitative estimate of drug-likeness (QED) is 0.569. The van der Waals surface area contributed by atoms with Crippen LogP contribution in [0, 0.1) is 0 Å². The standard InChI is InChI=1S/C13H6ClF5O/c14-13(19)9(16)8(15)11(17)7(12(11,18)10(13)20)6-4-2-1-3-5-6/h1-5,7H/t7-,11+,12-,13?/m1/s1. The predicted octanol–water partition coefficient (Wildman–Crippen LogP) is 3.84. The van der Waals surface area contributed by atoms with Gasteiger partial charge < -0.3 is 0 Å². The lowest BCUT2D eigenvalue weighted by Gasteiger charge is -2.23. The Morgan fingerprint density at radius 2 is 1.50 bits per heavy atom. The van der Waals surface area contributed by atoms with Gasteiger partial charge in [0.05, 0.1) is 5.92 Å². The number of hydrogen-bond acceptors (Lipinski definition) is 1. The molecule has 2 aliphatic rings. The Hall–Kier alpha value is -1.43. The zero-order valence-electron chi connectivity index (χ0n) is 9.64. The van der Waals surface area contributed by atoms with Crippen LogP contribution >= 0.6 is 11.6 Å². The van der Waals surface area contributed by atoms with E-state index in [-0.39, 0.29) is 5.56 Å². The highest BCUT2D eigenvalue weighted by Crippen LogP contribution is 2.74. The first-order valence-electron chi connectivity index (χ1n) is 5.61. The summed E-state index contributed by atoms with van der Waals surface area (Å²) in [5.41, 5.74) is -7.16. The molecule has 2 aliphatic carbocycles. The molecular formula is C13H6ClF5O. The van der Waals surface area contributed by atoms with E-state index in [1.54, 1.807) is 0 Å². The molecule has 0 aromatic heterocycles. The molecule has 0 aliphatic heterocycles. The minimum atomic E-state index is -4.02. The van der Waals surface area contributed by atoms with Crippen LogP contribution in [0.1, 0.15) is 11.5 Å². The third kappa shape index (κ3) is 1.21. The van der Waals surface area contributed by atoms with Gasteiger partial charge in [-0.3, -0.25) is 4.79 Å². The molecule has 0 saturated heterocycles. The van der Waals surface area contributed by atoms with Crippen molar-refractivity contribution in [3.8, 4) is 0 Å². The van der Waals surface area contributed by atoms with Crippen molar-refractivity contribution >= 4 is 17.4 Å². The zero-order chi connectivity index (χ0) is 14.9. The summed E-state index contributed by atoms with van der Waals surface area (Å²) < 4.78 is 69.6. The number of allylic oxidation sites excluding steroid dienone is 2. The molecule has 1 nitrogen and oxygen atoms in total. The molecule has 20 heavy (non-hydrogen) atoms. The third-order valence-corrected chi connectivity index (χ3v) is 4.12. The van der Waals surface area contributed by atoms with E-state index < -0.39 is 39.8 Å². The van der Waals surface area contributed by atoms with Crippen LogP contribution in [0.4, 0.5) is 22.0 Å². The average molecular weight is 309 g/mol. The van der Waals surface area contributed by atoms with Gasteiger partial charge in [0.15, 0.2) is 11.7 Å². The van der Waals surface area contributed by atoms with Gasteiger partial charge in [-0.25, -0.2) is 22.0 Å². The number of ketones is 1. The number of carbonyl (C=O) groups is 1. The number of hydrogen-bond donors (Lipinski definition) is 0. The first-order chi connectivity index (χ1) is 9.20. The molecule has 1 aromatic rings. The Morgan fingerprint density at radius 1 is 0.950 bits per heavy atom. The first kappa shape index (κ1) is 13.5. The summed E-state index contributed by atoms with van der Waals surface area (Å²) in [6, 6.07) is 6.80. The predicted molar refractivity (Wildman–Crippen MR) is 60.8 cm³/mol. The van der Waals surface area contributed by atoms with Crippen LogP contribution < -0.4 is 0 Å². The molecule has 1 aromatic carbocycles. The van der Waals surface area contributed by atoms with E-state index in [0.29, 0.717) is 0 Å². The van der Waals surface area contributed by atoms with Crippen molar-refractivity contribution in [2.45, 2.75) is 22.4 Å². The summed E-state index contributed by atoms with van der Waals surface area (Å²) in [4.78, 5) is 11.6. The number of Topliss-reactive ketones (excluding diaryl/α,β-unsaturated/α-hetero) is 1. The summed E-state index contributed by atoms with van der Waals surface area (Å²) in [5.74, 6) is -8.82. The number of benzene rings is 1. The number of rotatable bonds is 1. The van der Waals surface area contributed by atoms with E-state index in [4.69, 9.17) is 11.6 Å². The Balaban J connectivity index is 2.21. The van der Waals surface area contributed by atoms with Crippen LogP contribution in [0.5, 0.6) is 0 Å². The van der Waals surface area contributed by atoms with Gasteiger partial charge in [-0.05, 0) is 5.56 Å². The summed E-state index contributed by atoms with van der Waals surface area (Å²) in [6.45, 7) is 0. The largest absolute Gasteiger partial charge is 0.298 e. The van der Waals surface area contributed by atoms with Gasteiger partial charge in [0.2, 0.25) is 17.1 Å². The lowest BCUT2D eigenvalue weighted by Crippen LogP contribution is -2.46. The van der Waals surface area contributed by atoms with E-state index in [1.165, 1.54) is 30.3 Å². The highest BCUT2D eigenvalue weighted by Gasteiger charge is 2.92. The lowest BCUT2D eigenvalue weighted by atomic mass is 9.98. The van der Waals surface area contributed by atoms with E-state index in [2.05, 4.69) is 0 Å². The fourth-order valence-corrected chi connectivity index (χ4v) is 2.94. The summed E-state index contributed by atoms with van der Waals surface area (Å²) in [5, 5.41) is -4.02. The number of fused-ring (bicyclic) bond motifs is 1. The second kappa shape index (κ2) is 3.61. The van der Waals surface area contributed by atoms with Crippen molar-refractivity contribution in [2.75, 3.05) is 0 Å². The van der Waals surface area contributed by atoms with E-state index in [9.17, 15) is 26.7 Å². The molecule has 0 radical (unpaired) electrons. The number of halogens is 6. The van der Waals surface area contributed by atoms with Gasteiger partial charge in [0, 0.05) is 0 Å². The monoisotopic (exact) mass is 308 g/mol. The number of alkyl halides is 4. The molecule has 1 fully saturated rings. The topological polar surface area (TPSA) is 17.1 Å². The normalized spacial score (nSPS) is 43.5. The van der Waals surface area contributed by atoms with E-state index >= 15 is 0 Å². The molecule has 4 atom stereocenters. The Labute approximate surface area is 115 Å². The molecule has 3 rings (SSSR count). The summed E-state index contributed by atoms with van der Waals surface area (Å²) >= 11 is 4.90. The Bertz CT molecular complexity index is 643. The third-order valence-electron chi connectivity index (χ3n) is 3.78. The second-order valence-electron chi connectivity index (χ2n) is 4.80. The summed E-state index contributed by atoms with van der Waals surface area (Å²) in [7, 11) is 0. The van der Waals surface area contributed by atoms with Gasteiger partial charge in [0.25, 0.3) is 5.13 Å². The van der Waals surface area contributed by atoms with Crippen LogP contribution in [0.15, 0.2) is 42.0 Å². The molecule has 1 unspecified atom stereocenters. The van der Waals surface area contributed by atoms with Crippen molar-refractivity contribution < 1.29 is 26.7 Å². The minimum Gasteiger partial charge on any atom is -0.290 e. The van der Waals surface area contributed by atoms with Crippen molar-refractivity contribution in [1.29, 1.82) is 0 Å². The molecule has 0 amide bonds. The maximum atomic E-state index is 14.5. The van der Waals surface area contributed by atoms with Gasteiger partial charge in [-0.15, -0.1) is 0 Å². The highest BCUT2D eigenvalue weighted by atomic mass is 35.5. The Morgan fingerprint density at radius 3 is 2.05 bits per heavy atom. The van der Waals surface area contributed by atoms with E-state index in [1.807, 2.05) is 0 Å². The molecule has 0 N–H and O–H groups in total. The highest BCUT2D eigenvalue weighted by molar-refractivity contribution is 6.38. The van der Waals surface area contributed by atoms with Crippen LogP contribution in [0.3, 0.4) is 0 Å². The molecule has 0 heterocycles. The van der Waals surface area contributed by atoms with Crippen LogP contribution in [0.25, 0.3) is 0 Å². The lowest BCUT2D eigenvalue weighted by molar-refractivity contribution is -0.135. The molecular weight excluding hydrogens is 303 g/mol. The minimum absolute atomic E-state index is 0.0804. The molecule has 106 valence electrons. The van der Waals surface area contributed by atoms with Gasteiger partial charge in [-0.2, -0.15) is 0 Å². The van der Waals surface area contributed by atoms with Crippen LogP contribution in [-0.4, -0.2) is 22.2 Å².